The second kappa shape index (κ2) is 6.40. The van der Waals surface area contributed by atoms with Gasteiger partial charge in [0.1, 0.15) is 0 Å². The maximum Gasteiger partial charge on any atom is 0.345 e. The van der Waals surface area contributed by atoms with Crippen molar-refractivity contribution in [2.75, 3.05) is 12.5 Å². The average Bonchev–Trinajstić information content (AvgIpc) is 3.09. The van der Waals surface area contributed by atoms with Gasteiger partial charge in [-0.2, -0.15) is 0 Å². The Morgan fingerprint density at radius 3 is 2.88 bits per heavy atom. The summed E-state index contributed by atoms with van der Waals surface area (Å²) in [4.78, 5) is 19.8. The highest BCUT2D eigenvalue weighted by Gasteiger charge is 2.26. The first-order valence-electron chi connectivity index (χ1n) is 7.68. The predicted molar refractivity (Wildman–Crippen MR) is 94.1 cm³/mol. The second-order valence-electron chi connectivity index (χ2n) is 5.87. The Morgan fingerprint density at radius 1 is 1.44 bits per heavy atom. The third-order valence-corrected chi connectivity index (χ3v) is 3.89. The van der Waals surface area contributed by atoms with Crippen LogP contribution >= 0.6 is 0 Å². The van der Waals surface area contributed by atoms with Crippen molar-refractivity contribution in [2.45, 2.75) is 19.9 Å². The van der Waals surface area contributed by atoms with E-state index in [0.717, 1.165) is 5.56 Å². The molecule has 8 nitrogen and oxygen atoms in total. The van der Waals surface area contributed by atoms with Crippen molar-refractivity contribution < 1.29 is 19.4 Å². The van der Waals surface area contributed by atoms with Crippen molar-refractivity contribution in [1.29, 1.82) is 0 Å². The fourth-order valence-electron chi connectivity index (χ4n) is 2.29. The van der Waals surface area contributed by atoms with E-state index in [0.29, 0.717) is 11.4 Å². The van der Waals surface area contributed by atoms with Crippen molar-refractivity contribution in [1.82, 2.24) is 9.99 Å². The van der Waals surface area contributed by atoms with E-state index >= 15 is 0 Å². The van der Waals surface area contributed by atoms with E-state index in [4.69, 9.17) is 4.42 Å². The minimum atomic E-state index is -1.28. The number of aromatic nitrogens is 1. The summed E-state index contributed by atoms with van der Waals surface area (Å²) in [5, 5.41) is 21.4. The second-order valence-corrected chi connectivity index (χ2v) is 5.87. The highest BCUT2D eigenvalue weighted by Crippen LogP contribution is 2.38. The van der Waals surface area contributed by atoms with Gasteiger partial charge in [0.15, 0.2) is 22.9 Å². The summed E-state index contributed by atoms with van der Waals surface area (Å²) in [5.74, 6) is -1.15. The third kappa shape index (κ3) is 3.11. The molecule has 3 heterocycles. The van der Waals surface area contributed by atoms with E-state index in [1.54, 1.807) is 36.6 Å². The van der Waals surface area contributed by atoms with Crippen LogP contribution < -0.4 is 5.43 Å². The average molecular weight is 342 g/mol. The monoisotopic (exact) mass is 342 g/mol. The summed E-state index contributed by atoms with van der Waals surface area (Å²) < 4.78 is 5.56. The first-order chi connectivity index (χ1) is 11.9. The SMILES string of the molecule is CC(C)N(C)Nc1oc(C=C2C=Nc3ncccc32)c(O)c1C(=O)O. The smallest absolute Gasteiger partial charge is 0.345 e. The molecule has 0 atom stereocenters. The molecule has 2 aromatic heterocycles. The number of carbonyl (C=O) groups is 1. The number of nitrogens with zero attached hydrogens (tertiary/aromatic N) is 3. The molecule has 0 fully saturated rings. The number of aliphatic imine (C=N–C) groups is 1. The van der Waals surface area contributed by atoms with E-state index in [2.05, 4.69) is 15.4 Å². The topological polar surface area (TPSA) is 111 Å². The van der Waals surface area contributed by atoms with Crippen molar-refractivity contribution in [2.24, 2.45) is 4.99 Å². The zero-order valence-electron chi connectivity index (χ0n) is 14.0. The van der Waals surface area contributed by atoms with Gasteiger partial charge in [-0.05, 0) is 32.1 Å². The summed E-state index contributed by atoms with van der Waals surface area (Å²) in [7, 11) is 1.75. The molecule has 130 valence electrons. The minimum absolute atomic E-state index is 0.0330. The number of carboxylic acids is 1. The van der Waals surface area contributed by atoms with Crippen molar-refractivity contribution >= 4 is 35.5 Å². The maximum absolute atomic E-state index is 11.5. The summed E-state index contributed by atoms with van der Waals surface area (Å²) >= 11 is 0. The van der Waals surface area contributed by atoms with E-state index in [1.807, 2.05) is 19.9 Å². The molecule has 25 heavy (non-hydrogen) atoms. The lowest BCUT2D eigenvalue weighted by molar-refractivity contribution is 0.0694. The molecular weight excluding hydrogens is 324 g/mol. The summed E-state index contributed by atoms with van der Waals surface area (Å²) in [6.45, 7) is 3.86. The van der Waals surface area contributed by atoms with Gasteiger partial charge in [-0.15, -0.1) is 0 Å². The number of anilines is 1. The summed E-state index contributed by atoms with van der Waals surface area (Å²) in [5.41, 5.74) is 3.98. The number of aromatic carboxylic acids is 1. The number of furan rings is 1. The molecule has 0 saturated heterocycles. The van der Waals surface area contributed by atoms with Gasteiger partial charge in [0.2, 0.25) is 5.88 Å². The van der Waals surface area contributed by atoms with Gasteiger partial charge in [0.25, 0.3) is 0 Å². The number of allylic oxidation sites excluding steroid dienone is 1. The Kier molecular flexibility index (Phi) is 4.28. The Bertz CT molecular complexity index is 883. The van der Waals surface area contributed by atoms with Crippen LogP contribution in [0, 0.1) is 0 Å². The Labute approximate surface area is 144 Å². The van der Waals surface area contributed by atoms with Gasteiger partial charge in [0, 0.05) is 36.6 Å². The molecule has 3 rings (SSSR count). The van der Waals surface area contributed by atoms with Gasteiger partial charge in [-0.25, -0.2) is 19.8 Å². The van der Waals surface area contributed by atoms with Crippen LogP contribution in [0.4, 0.5) is 11.7 Å². The lowest BCUT2D eigenvalue weighted by atomic mass is 10.1. The highest BCUT2D eigenvalue weighted by atomic mass is 16.4. The Hall–Kier alpha value is -3.13. The molecular formula is C17H18N4O4. The van der Waals surface area contributed by atoms with Crippen LogP contribution in [0.5, 0.6) is 5.75 Å². The number of hydrogen-bond donors (Lipinski definition) is 3. The molecule has 0 aromatic carbocycles. The van der Waals surface area contributed by atoms with E-state index in [1.165, 1.54) is 0 Å². The zero-order valence-corrected chi connectivity index (χ0v) is 14.0. The molecule has 1 aliphatic heterocycles. The van der Waals surface area contributed by atoms with Crippen molar-refractivity contribution in [3.63, 3.8) is 0 Å². The first kappa shape index (κ1) is 16.7. The van der Waals surface area contributed by atoms with Crippen LogP contribution in [-0.4, -0.2) is 45.5 Å². The largest absolute Gasteiger partial charge is 0.504 e. The molecule has 0 spiro atoms. The van der Waals surface area contributed by atoms with Crippen molar-refractivity contribution in [3.05, 3.63) is 35.2 Å². The van der Waals surface area contributed by atoms with Gasteiger partial charge in [-0.1, -0.05) is 0 Å². The predicted octanol–water partition coefficient (Wildman–Crippen LogP) is 3.00. The van der Waals surface area contributed by atoms with Crippen LogP contribution in [0.1, 0.15) is 35.5 Å². The van der Waals surface area contributed by atoms with Crippen LogP contribution in [0.3, 0.4) is 0 Å². The van der Waals surface area contributed by atoms with E-state index < -0.39 is 11.7 Å². The summed E-state index contributed by atoms with van der Waals surface area (Å²) in [6.07, 6.45) is 4.77. The summed E-state index contributed by atoms with van der Waals surface area (Å²) in [6, 6.07) is 3.71. The van der Waals surface area contributed by atoms with Crippen LogP contribution in [-0.2, 0) is 0 Å². The molecule has 3 N–H and O–H groups in total. The Morgan fingerprint density at radius 2 is 2.20 bits per heavy atom. The molecule has 0 amide bonds. The number of rotatable bonds is 5. The zero-order chi connectivity index (χ0) is 18.1. The number of aromatic hydroxyl groups is 1. The molecule has 0 unspecified atom stereocenters. The highest BCUT2D eigenvalue weighted by molar-refractivity contribution is 6.21. The lowest BCUT2D eigenvalue weighted by Crippen LogP contribution is -2.32. The van der Waals surface area contributed by atoms with Gasteiger partial charge >= 0.3 is 5.97 Å². The molecule has 8 heteroatoms. The van der Waals surface area contributed by atoms with Crippen LogP contribution in [0.2, 0.25) is 0 Å². The van der Waals surface area contributed by atoms with E-state index in [9.17, 15) is 15.0 Å². The number of hydrazine groups is 1. The molecule has 0 radical (unpaired) electrons. The normalized spacial score (nSPS) is 14.5. The fraction of sp³-hybridized carbons (Fsp3) is 0.235. The van der Waals surface area contributed by atoms with Gasteiger partial charge < -0.3 is 14.6 Å². The standard InChI is InChI=1S/C17H18N4O4/c1-9(2)21(3)20-16-13(17(23)24)14(22)12(25-16)7-10-8-19-15-11(10)5-4-6-18-15/h4-9,20,22H,1-3H3,(H,23,24). The number of nitrogens with one attached hydrogen (secondary N) is 1. The van der Waals surface area contributed by atoms with Gasteiger partial charge in [0.05, 0.1) is 0 Å². The number of hydrogen-bond acceptors (Lipinski definition) is 7. The third-order valence-electron chi connectivity index (χ3n) is 3.89. The molecule has 2 aromatic rings. The van der Waals surface area contributed by atoms with Crippen LogP contribution in [0.15, 0.2) is 27.7 Å². The fourth-order valence-corrected chi connectivity index (χ4v) is 2.29. The van der Waals surface area contributed by atoms with Crippen LogP contribution in [0.25, 0.3) is 11.6 Å². The first-order valence-corrected chi connectivity index (χ1v) is 7.68. The Balaban J connectivity index is 2.02. The maximum atomic E-state index is 11.5. The van der Waals surface area contributed by atoms with Crippen molar-refractivity contribution in [3.8, 4) is 5.75 Å². The molecule has 0 bridgehead atoms. The number of carboxylic acid groups (broad SMARTS) is 1. The minimum Gasteiger partial charge on any atom is -0.504 e. The number of fused-ring (bicyclic) bond motifs is 1. The van der Waals surface area contributed by atoms with Gasteiger partial charge in [-0.3, -0.25) is 5.43 Å². The molecule has 1 aliphatic rings. The molecule has 0 saturated carbocycles. The lowest BCUT2D eigenvalue weighted by Gasteiger charge is -2.21. The number of pyridine rings is 1. The van der Waals surface area contributed by atoms with E-state index in [-0.39, 0.29) is 23.2 Å². The quantitative estimate of drug-likeness (QED) is 0.716. The molecule has 0 aliphatic carbocycles.